The minimum atomic E-state index is -2.67. The second-order valence-corrected chi connectivity index (χ2v) is 7.48. The van der Waals surface area contributed by atoms with Gasteiger partial charge in [-0.3, -0.25) is 9.36 Å². The molecule has 2 rings (SSSR count). The monoisotopic (exact) mass is 493 g/mol. The number of aliphatic hydroxyl groups excluding tert-OH is 11. The summed E-state index contributed by atoms with van der Waals surface area (Å²) in [7, 11) is 0. The lowest BCUT2D eigenvalue weighted by Crippen LogP contribution is -2.57. The van der Waals surface area contributed by atoms with Gasteiger partial charge in [0.05, 0.1) is 12.9 Å². The van der Waals surface area contributed by atoms with Crippen molar-refractivity contribution in [2.24, 2.45) is 0 Å². The van der Waals surface area contributed by atoms with Gasteiger partial charge in [-0.1, -0.05) is 0 Å². The number of anilines is 1. The van der Waals surface area contributed by atoms with Crippen molar-refractivity contribution in [3.8, 4) is 0 Å². The van der Waals surface area contributed by atoms with Gasteiger partial charge in [0.2, 0.25) is 0 Å². The SMILES string of the molecule is Nc1ncnc2c1ncn2C(O)[C@@H](O)[C@@H](O)[C@H](O)[C@H](O)C(O)C(=O)[C@H](O)[C@@H](O)[C@H](O)[C@H](O)CO. The number of aliphatic hydroxyl groups is 11. The van der Waals surface area contributed by atoms with Crippen LogP contribution in [0.3, 0.4) is 0 Å². The van der Waals surface area contributed by atoms with E-state index in [4.69, 9.17) is 10.8 Å². The summed E-state index contributed by atoms with van der Waals surface area (Å²) in [5.74, 6) is -1.79. The summed E-state index contributed by atoms with van der Waals surface area (Å²) in [6.07, 6.45) is -21.6. The van der Waals surface area contributed by atoms with Crippen molar-refractivity contribution in [3.63, 3.8) is 0 Å². The number of nitrogens with zero attached hydrogens (tertiary/aromatic N) is 4. The van der Waals surface area contributed by atoms with Crippen LogP contribution >= 0.6 is 0 Å². The third-order valence-corrected chi connectivity index (χ3v) is 5.19. The van der Waals surface area contributed by atoms with E-state index < -0.39 is 73.6 Å². The first-order chi connectivity index (χ1) is 15.8. The zero-order valence-electron chi connectivity index (χ0n) is 17.3. The van der Waals surface area contributed by atoms with Crippen LogP contribution in [0.5, 0.6) is 0 Å². The smallest absolute Gasteiger partial charge is 0.195 e. The van der Waals surface area contributed by atoms with E-state index in [1.807, 2.05) is 0 Å². The fourth-order valence-corrected chi connectivity index (χ4v) is 3.03. The van der Waals surface area contributed by atoms with Gasteiger partial charge in [0.15, 0.2) is 23.5 Å². The van der Waals surface area contributed by atoms with Crippen LogP contribution in [0.2, 0.25) is 0 Å². The van der Waals surface area contributed by atoms with Crippen LogP contribution in [0, 0.1) is 0 Å². The molecule has 0 saturated heterocycles. The largest absolute Gasteiger partial charge is 0.394 e. The molecule has 0 aliphatic carbocycles. The standard InChI is InChI=1S/C17H27N5O12/c18-15-5-16(20-2-19-15)22(3-21-5)17(34)14(33)13(32)12(31)11(30)10(29)9(28)8(27)7(26)6(25)4(24)1-23/h2-4,6-8,10-14,17,23-27,29-34H,1H2,(H2,18,19,20)/t4-,6-,7+,8-,10?,11-,12-,13+,14+,17?/m1/s1. The molecule has 0 bridgehead atoms. The molecule has 192 valence electrons. The number of ketones is 1. The number of fused-ring (bicyclic) bond motifs is 1. The lowest BCUT2D eigenvalue weighted by atomic mass is 9.91. The maximum atomic E-state index is 12.1. The molecule has 0 saturated carbocycles. The van der Waals surface area contributed by atoms with Crippen molar-refractivity contribution in [1.29, 1.82) is 0 Å². The van der Waals surface area contributed by atoms with Crippen LogP contribution in [-0.2, 0) is 4.79 Å². The van der Waals surface area contributed by atoms with Gasteiger partial charge in [0.25, 0.3) is 0 Å². The predicted molar refractivity (Wildman–Crippen MR) is 107 cm³/mol. The van der Waals surface area contributed by atoms with Crippen LogP contribution in [0.15, 0.2) is 12.7 Å². The van der Waals surface area contributed by atoms with Gasteiger partial charge >= 0.3 is 0 Å². The third kappa shape index (κ3) is 5.45. The summed E-state index contributed by atoms with van der Waals surface area (Å²) in [5.41, 5.74) is 5.60. The highest BCUT2D eigenvalue weighted by Crippen LogP contribution is 2.23. The van der Waals surface area contributed by atoms with Crippen LogP contribution in [0.25, 0.3) is 11.2 Å². The molecule has 2 heterocycles. The van der Waals surface area contributed by atoms with Crippen molar-refractivity contribution < 1.29 is 61.0 Å². The molecule has 17 nitrogen and oxygen atoms in total. The van der Waals surface area contributed by atoms with Gasteiger partial charge in [-0.15, -0.1) is 0 Å². The molecule has 0 aliphatic rings. The topological polar surface area (TPSA) is 309 Å². The van der Waals surface area contributed by atoms with E-state index in [2.05, 4.69) is 15.0 Å². The average molecular weight is 493 g/mol. The molecule has 2 unspecified atom stereocenters. The molecule has 0 amide bonds. The molecule has 2 aromatic heterocycles. The molecule has 0 aliphatic heterocycles. The number of aromatic nitrogens is 4. The highest BCUT2D eigenvalue weighted by Gasteiger charge is 2.44. The molecule has 10 atom stereocenters. The van der Waals surface area contributed by atoms with E-state index in [0.717, 1.165) is 17.2 Å². The molecular weight excluding hydrogens is 466 g/mol. The Hall–Kier alpha value is -2.42. The number of Topliss-reactive ketones (excluding diaryl/α,β-unsaturated/α-hetero) is 1. The van der Waals surface area contributed by atoms with Gasteiger partial charge < -0.3 is 61.9 Å². The summed E-state index contributed by atoms with van der Waals surface area (Å²) in [6, 6.07) is 0. The Balaban J connectivity index is 2.11. The van der Waals surface area contributed by atoms with E-state index >= 15 is 0 Å². The van der Waals surface area contributed by atoms with Crippen molar-refractivity contribution in [1.82, 2.24) is 19.5 Å². The highest BCUT2D eigenvalue weighted by atomic mass is 16.4. The molecule has 0 radical (unpaired) electrons. The maximum Gasteiger partial charge on any atom is 0.195 e. The lowest BCUT2D eigenvalue weighted by Gasteiger charge is -2.32. The van der Waals surface area contributed by atoms with Crippen molar-refractivity contribution in [3.05, 3.63) is 12.7 Å². The van der Waals surface area contributed by atoms with E-state index in [1.165, 1.54) is 0 Å². The van der Waals surface area contributed by atoms with Crippen LogP contribution in [-0.4, -0.2) is 143 Å². The minimum absolute atomic E-state index is 0.0471. The Morgan fingerprint density at radius 2 is 1.32 bits per heavy atom. The number of carbonyl (C=O) groups excluding carboxylic acids is 1. The highest BCUT2D eigenvalue weighted by molar-refractivity contribution is 5.88. The Bertz CT molecular complexity index is 962. The minimum Gasteiger partial charge on any atom is -0.394 e. The molecule has 34 heavy (non-hydrogen) atoms. The van der Waals surface area contributed by atoms with Crippen molar-refractivity contribution >= 4 is 22.8 Å². The third-order valence-electron chi connectivity index (χ3n) is 5.19. The molecule has 0 fully saturated rings. The van der Waals surface area contributed by atoms with Gasteiger partial charge in [-0.2, -0.15) is 0 Å². The predicted octanol–water partition coefficient (Wildman–Crippen LogP) is -7.29. The van der Waals surface area contributed by atoms with Crippen LogP contribution in [0.1, 0.15) is 6.23 Å². The Morgan fingerprint density at radius 3 is 1.88 bits per heavy atom. The van der Waals surface area contributed by atoms with Gasteiger partial charge in [0, 0.05) is 0 Å². The second-order valence-electron chi connectivity index (χ2n) is 7.48. The second kappa shape index (κ2) is 11.3. The fraction of sp³-hybridized carbons (Fsp3) is 0.647. The first-order valence-electron chi connectivity index (χ1n) is 9.73. The molecule has 0 aromatic carbocycles. The molecule has 13 N–H and O–H groups in total. The van der Waals surface area contributed by atoms with Crippen molar-refractivity contribution in [2.75, 3.05) is 12.3 Å². The Morgan fingerprint density at radius 1 is 0.794 bits per heavy atom. The van der Waals surface area contributed by atoms with E-state index in [1.54, 1.807) is 0 Å². The van der Waals surface area contributed by atoms with Crippen LogP contribution in [0.4, 0.5) is 5.82 Å². The summed E-state index contributed by atoms with van der Waals surface area (Å²) < 4.78 is 0.857. The molecule has 0 spiro atoms. The van der Waals surface area contributed by atoms with E-state index in [-0.39, 0.29) is 17.0 Å². The zero-order valence-corrected chi connectivity index (χ0v) is 17.3. The number of carbonyl (C=O) groups is 1. The summed E-state index contributed by atoms with van der Waals surface area (Å²) in [5, 5.41) is 108. The number of nitrogen functional groups attached to an aromatic ring is 1. The number of nitrogens with two attached hydrogens (primary N) is 1. The summed E-state index contributed by atoms with van der Waals surface area (Å²) in [4.78, 5) is 23.5. The Labute approximate surface area is 190 Å². The number of hydrogen-bond acceptors (Lipinski definition) is 16. The van der Waals surface area contributed by atoms with E-state index in [0.29, 0.717) is 0 Å². The number of rotatable bonds is 12. The molecule has 17 heteroatoms. The summed E-state index contributed by atoms with van der Waals surface area (Å²) >= 11 is 0. The normalized spacial score (nSPS) is 21.1. The average Bonchev–Trinajstić information content (AvgIpc) is 3.28. The van der Waals surface area contributed by atoms with Gasteiger partial charge in [-0.05, 0) is 0 Å². The first-order valence-corrected chi connectivity index (χ1v) is 9.73. The van der Waals surface area contributed by atoms with Gasteiger partial charge in [0.1, 0.15) is 66.8 Å². The summed E-state index contributed by atoms with van der Waals surface area (Å²) in [6.45, 7) is -1.04. The molecule has 2 aromatic rings. The molecular formula is C17H27N5O12. The number of hydrogen-bond donors (Lipinski definition) is 12. The maximum absolute atomic E-state index is 12.1. The van der Waals surface area contributed by atoms with Gasteiger partial charge in [-0.25, -0.2) is 15.0 Å². The van der Waals surface area contributed by atoms with Crippen molar-refractivity contribution in [2.45, 2.75) is 61.2 Å². The Kier molecular flexibility index (Phi) is 9.28. The first kappa shape index (κ1) is 27.8. The quantitative estimate of drug-likeness (QED) is 0.131. The lowest BCUT2D eigenvalue weighted by molar-refractivity contribution is -0.178. The van der Waals surface area contributed by atoms with E-state index in [9.17, 15) is 55.9 Å². The fourth-order valence-electron chi connectivity index (χ4n) is 3.03. The van der Waals surface area contributed by atoms with Crippen LogP contribution < -0.4 is 5.73 Å². The number of imidazole rings is 1. The zero-order chi connectivity index (χ0) is 25.9.